The van der Waals surface area contributed by atoms with Crippen molar-refractivity contribution in [2.45, 2.75) is 45.4 Å². The normalized spacial score (nSPS) is 19.6. The molecule has 1 atom stereocenters. The molecule has 0 aliphatic carbocycles. The van der Waals surface area contributed by atoms with Gasteiger partial charge < -0.3 is 9.47 Å². The van der Waals surface area contributed by atoms with Crippen LogP contribution in [-0.4, -0.2) is 36.7 Å². The van der Waals surface area contributed by atoms with E-state index in [0.29, 0.717) is 18.3 Å². The summed E-state index contributed by atoms with van der Waals surface area (Å²) in [6.45, 7) is 6.43. The monoisotopic (exact) mass is 339 g/mol. The Morgan fingerprint density at radius 3 is 2.96 bits per heavy atom. The first-order chi connectivity index (χ1) is 12.3. The summed E-state index contributed by atoms with van der Waals surface area (Å²) in [6, 6.07) is 10.3. The number of carbonyl (C=O) groups excluding carboxylic acids is 1. The Hall–Kier alpha value is -1.91. The minimum Gasteiger partial charge on any atom is -0.457 e. The summed E-state index contributed by atoms with van der Waals surface area (Å²) in [5.74, 6) is -0.208. The number of carbonyl (C=O) groups is 1. The molecule has 0 unspecified atom stereocenters. The first kappa shape index (κ1) is 16.6. The maximum absolute atomic E-state index is 12.1. The summed E-state index contributed by atoms with van der Waals surface area (Å²) >= 11 is 0. The van der Waals surface area contributed by atoms with Crippen LogP contribution in [0.3, 0.4) is 0 Å². The highest BCUT2D eigenvalue weighted by atomic mass is 16.5. The molecule has 4 nitrogen and oxygen atoms in total. The molecule has 4 rings (SSSR count). The molecule has 25 heavy (non-hydrogen) atoms. The second-order valence-electron chi connectivity index (χ2n) is 7.06. The van der Waals surface area contributed by atoms with Crippen LogP contribution in [0.1, 0.15) is 47.7 Å². The van der Waals surface area contributed by atoms with E-state index in [1.54, 1.807) is 0 Å². The van der Waals surface area contributed by atoms with Crippen LogP contribution in [0.4, 0.5) is 0 Å². The van der Waals surface area contributed by atoms with Gasteiger partial charge in [-0.1, -0.05) is 31.2 Å². The molecule has 0 saturated carbocycles. The average Bonchev–Trinajstić information content (AvgIpc) is 3.13. The number of cyclic esters (lactones) is 1. The quantitative estimate of drug-likeness (QED) is 0.748. The number of ether oxygens (including phenoxy) is 2. The van der Waals surface area contributed by atoms with Gasteiger partial charge in [0.25, 0.3) is 0 Å². The Morgan fingerprint density at radius 1 is 1.24 bits per heavy atom. The van der Waals surface area contributed by atoms with Crippen molar-refractivity contribution in [2.24, 2.45) is 0 Å². The lowest BCUT2D eigenvalue weighted by molar-refractivity contribution is 0.0463. The third-order valence-corrected chi connectivity index (χ3v) is 5.22. The van der Waals surface area contributed by atoms with Gasteiger partial charge in [0, 0.05) is 25.1 Å². The minimum absolute atomic E-state index is 0.208. The SMILES string of the molecule is CCCN(Cc1ccc2c3c(cccc13)C(=O)OC2)C[C@@H]1CCCO1. The van der Waals surface area contributed by atoms with Gasteiger partial charge in [-0.3, -0.25) is 4.90 Å². The lowest BCUT2D eigenvalue weighted by Crippen LogP contribution is -2.32. The van der Waals surface area contributed by atoms with Gasteiger partial charge in [-0.15, -0.1) is 0 Å². The molecule has 2 aromatic rings. The summed E-state index contributed by atoms with van der Waals surface area (Å²) in [4.78, 5) is 14.6. The Balaban J connectivity index is 1.65. The van der Waals surface area contributed by atoms with E-state index in [1.165, 1.54) is 17.4 Å². The molecule has 0 spiro atoms. The van der Waals surface area contributed by atoms with Crippen LogP contribution >= 0.6 is 0 Å². The predicted molar refractivity (Wildman–Crippen MR) is 97.6 cm³/mol. The number of hydrogen-bond donors (Lipinski definition) is 0. The highest BCUT2D eigenvalue weighted by molar-refractivity contribution is 6.08. The number of hydrogen-bond acceptors (Lipinski definition) is 4. The molecule has 0 amide bonds. The van der Waals surface area contributed by atoms with Crippen molar-refractivity contribution in [3.63, 3.8) is 0 Å². The van der Waals surface area contributed by atoms with Crippen LogP contribution in [0.2, 0.25) is 0 Å². The van der Waals surface area contributed by atoms with E-state index in [2.05, 4.69) is 30.0 Å². The first-order valence-electron chi connectivity index (χ1n) is 9.31. The summed E-state index contributed by atoms with van der Waals surface area (Å²) < 4.78 is 11.1. The fourth-order valence-corrected chi connectivity index (χ4v) is 4.06. The van der Waals surface area contributed by atoms with Crippen molar-refractivity contribution in [2.75, 3.05) is 19.7 Å². The Bertz CT molecular complexity index is 780. The van der Waals surface area contributed by atoms with Crippen LogP contribution in [0.15, 0.2) is 30.3 Å². The van der Waals surface area contributed by atoms with Gasteiger partial charge in [0.1, 0.15) is 6.61 Å². The molecule has 2 aromatic carbocycles. The Labute approximate surface area is 148 Å². The molecule has 0 aromatic heterocycles. The number of esters is 1. The second kappa shape index (κ2) is 7.14. The molecular weight excluding hydrogens is 314 g/mol. The lowest BCUT2D eigenvalue weighted by Gasteiger charge is -2.26. The van der Waals surface area contributed by atoms with Crippen molar-refractivity contribution < 1.29 is 14.3 Å². The van der Waals surface area contributed by atoms with Crippen molar-refractivity contribution in [3.8, 4) is 0 Å². The molecule has 0 N–H and O–H groups in total. The number of nitrogens with zero attached hydrogens (tertiary/aromatic N) is 1. The fourth-order valence-electron chi connectivity index (χ4n) is 4.06. The van der Waals surface area contributed by atoms with Crippen molar-refractivity contribution in [1.29, 1.82) is 0 Å². The van der Waals surface area contributed by atoms with Gasteiger partial charge in [0.2, 0.25) is 0 Å². The topological polar surface area (TPSA) is 38.8 Å². The standard InChI is InChI=1S/C21H25NO3/c1-2-10-22(13-17-5-4-11-24-17)12-15-8-9-16-14-25-21(23)19-7-3-6-18(15)20(16)19/h3,6-9,17H,2,4-5,10-14H2,1H3/t17-/m0/s1. The van der Waals surface area contributed by atoms with E-state index in [0.717, 1.165) is 50.0 Å². The van der Waals surface area contributed by atoms with E-state index in [1.807, 2.05) is 12.1 Å². The minimum atomic E-state index is -0.208. The van der Waals surface area contributed by atoms with Gasteiger partial charge in [-0.05, 0) is 48.4 Å². The third kappa shape index (κ3) is 3.29. The molecule has 4 heteroatoms. The fraction of sp³-hybridized carbons (Fsp3) is 0.476. The number of benzene rings is 2. The number of rotatable bonds is 6. The maximum Gasteiger partial charge on any atom is 0.339 e. The highest BCUT2D eigenvalue weighted by Crippen LogP contribution is 2.31. The molecule has 0 bridgehead atoms. The highest BCUT2D eigenvalue weighted by Gasteiger charge is 2.23. The molecular formula is C21H25NO3. The van der Waals surface area contributed by atoms with Gasteiger partial charge in [-0.2, -0.15) is 0 Å². The van der Waals surface area contributed by atoms with Crippen LogP contribution in [0.25, 0.3) is 10.8 Å². The zero-order valence-corrected chi connectivity index (χ0v) is 14.8. The van der Waals surface area contributed by atoms with E-state index in [-0.39, 0.29) is 5.97 Å². The largest absolute Gasteiger partial charge is 0.457 e. The lowest BCUT2D eigenvalue weighted by atomic mass is 9.94. The summed E-state index contributed by atoms with van der Waals surface area (Å²) in [5, 5.41) is 2.25. The smallest absolute Gasteiger partial charge is 0.339 e. The summed E-state index contributed by atoms with van der Waals surface area (Å²) in [6.07, 6.45) is 3.82. The van der Waals surface area contributed by atoms with E-state index >= 15 is 0 Å². The third-order valence-electron chi connectivity index (χ3n) is 5.22. The van der Waals surface area contributed by atoms with Gasteiger partial charge >= 0.3 is 5.97 Å². The molecule has 2 aliphatic heterocycles. The summed E-state index contributed by atoms with van der Waals surface area (Å²) in [5.41, 5.74) is 3.08. The van der Waals surface area contributed by atoms with Crippen LogP contribution < -0.4 is 0 Å². The van der Waals surface area contributed by atoms with E-state index in [9.17, 15) is 4.79 Å². The Morgan fingerprint density at radius 2 is 2.16 bits per heavy atom. The average molecular weight is 339 g/mol. The van der Waals surface area contributed by atoms with Gasteiger partial charge in [0.05, 0.1) is 11.7 Å². The van der Waals surface area contributed by atoms with Crippen LogP contribution in [0.5, 0.6) is 0 Å². The molecule has 0 radical (unpaired) electrons. The van der Waals surface area contributed by atoms with Crippen LogP contribution in [0, 0.1) is 0 Å². The molecule has 2 aliphatic rings. The van der Waals surface area contributed by atoms with Crippen molar-refractivity contribution >= 4 is 16.7 Å². The van der Waals surface area contributed by atoms with Gasteiger partial charge in [-0.25, -0.2) is 4.79 Å². The van der Waals surface area contributed by atoms with Crippen LogP contribution in [-0.2, 0) is 22.6 Å². The van der Waals surface area contributed by atoms with Crippen molar-refractivity contribution in [1.82, 2.24) is 4.90 Å². The van der Waals surface area contributed by atoms with Gasteiger partial charge in [0.15, 0.2) is 0 Å². The zero-order chi connectivity index (χ0) is 17.2. The summed E-state index contributed by atoms with van der Waals surface area (Å²) in [7, 11) is 0. The maximum atomic E-state index is 12.1. The van der Waals surface area contributed by atoms with E-state index in [4.69, 9.17) is 9.47 Å². The Kier molecular flexibility index (Phi) is 4.73. The zero-order valence-electron chi connectivity index (χ0n) is 14.8. The predicted octanol–water partition coefficient (Wildman–Crippen LogP) is 3.90. The molecule has 132 valence electrons. The second-order valence-corrected chi connectivity index (χ2v) is 7.06. The molecule has 1 saturated heterocycles. The molecule has 2 heterocycles. The van der Waals surface area contributed by atoms with Crippen molar-refractivity contribution in [3.05, 3.63) is 47.0 Å². The molecule has 1 fully saturated rings. The van der Waals surface area contributed by atoms with E-state index < -0.39 is 0 Å². The first-order valence-corrected chi connectivity index (χ1v) is 9.31.